The van der Waals surface area contributed by atoms with Crippen LogP contribution < -0.4 is 4.90 Å². The smallest absolute Gasteiger partial charge is 0.0369 e. The van der Waals surface area contributed by atoms with Gasteiger partial charge in [0.15, 0.2) is 0 Å². The molecule has 3 rings (SSSR count). The van der Waals surface area contributed by atoms with Crippen molar-refractivity contribution in [1.29, 1.82) is 0 Å². The summed E-state index contributed by atoms with van der Waals surface area (Å²) in [6.07, 6.45) is 4.38. The Kier molecular flexibility index (Phi) is 3.16. The number of aryl methyl sites for hydroxylation is 1. The van der Waals surface area contributed by atoms with Crippen LogP contribution in [-0.4, -0.2) is 13.1 Å². The minimum atomic E-state index is 0.963. The lowest BCUT2D eigenvalue weighted by Gasteiger charge is -2.20. The van der Waals surface area contributed by atoms with Crippen LogP contribution in [0.4, 0.5) is 5.69 Å². The Labute approximate surface area is 112 Å². The Morgan fingerprint density at radius 3 is 2.53 bits per heavy atom. The Morgan fingerprint density at radius 1 is 1.24 bits per heavy atom. The maximum absolute atomic E-state index is 3.54. The van der Waals surface area contributed by atoms with E-state index in [9.17, 15) is 0 Å². The van der Waals surface area contributed by atoms with E-state index in [-0.39, 0.29) is 0 Å². The van der Waals surface area contributed by atoms with Crippen molar-refractivity contribution >= 4 is 21.6 Å². The van der Waals surface area contributed by atoms with E-state index in [0.717, 1.165) is 17.2 Å². The average molecular weight is 294 g/mol. The molecule has 2 atom stereocenters. The van der Waals surface area contributed by atoms with Crippen LogP contribution in [0.15, 0.2) is 18.2 Å². The van der Waals surface area contributed by atoms with Gasteiger partial charge in [-0.25, -0.2) is 0 Å². The third-order valence-corrected chi connectivity index (χ3v) is 5.17. The average Bonchev–Trinajstić information content (AvgIpc) is 2.88. The molecule has 0 amide bonds. The monoisotopic (exact) mass is 293 g/mol. The molecule has 2 aliphatic rings. The van der Waals surface area contributed by atoms with E-state index >= 15 is 0 Å². The van der Waals surface area contributed by atoms with Gasteiger partial charge < -0.3 is 4.90 Å². The first-order chi connectivity index (χ1) is 8.28. The van der Waals surface area contributed by atoms with Crippen LogP contribution >= 0.6 is 15.9 Å². The maximum atomic E-state index is 3.54. The second-order valence-electron chi connectivity index (χ2n) is 5.60. The Bertz CT molecular complexity index is 403. The van der Waals surface area contributed by atoms with Gasteiger partial charge >= 0.3 is 0 Å². The van der Waals surface area contributed by atoms with Crippen molar-refractivity contribution in [1.82, 2.24) is 0 Å². The van der Waals surface area contributed by atoms with E-state index < -0.39 is 0 Å². The van der Waals surface area contributed by atoms with Gasteiger partial charge in [-0.2, -0.15) is 0 Å². The van der Waals surface area contributed by atoms with Crippen LogP contribution in [0.2, 0.25) is 0 Å². The zero-order chi connectivity index (χ0) is 11.8. The number of alkyl halides is 1. The molecule has 1 saturated heterocycles. The summed E-state index contributed by atoms with van der Waals surface area (Å²) >= 11 is 3.54. The SMILES string of the molecule is Cc1cc(N2CC3CCCC3C2)ccc1CBr. The van der Waals surface area contributed by atoms with Gasteiger partial charge in [-0.3, -0.25) is 0 Å². The lowest BCUT2D eigenvalue weighted by Crippen LogP contribution is -2.20. The fraction of sp³-hybridized carbons (Fsp3) is 0.600. The number of nitrogens with zero attached hydrogens (tertiary/aromatic N) is 1. The molecule has 1 saturated carbocycles. The predicted octanol–water partition coefficient (Wildman–Crippen LogP) is 4.13. The number of rotatable bonds is 2. The summed E-state index contributed by atoms with van der Waals surface area (Å²) in [7, 11) is 0. The zero-order valence-corrected chi connectivity index (χ0v) is 12.0. The number of halogens is 1. The first-order valence-corrected chi connectivity index (χ1v) is 7.80. The molecular formula is C15H20BrN. The van der Waals surface area contributed by atoms with Crippen molar-refractivity contribution in [3.63, 3.8) is 0 Å². The van der Waals surface area contributed by atoms with Crippen molar-refractivity contribution in [2.75, 3.05) is 18.0 Å². The molecule has 1 aliphatic heterocycles. The quantitative estimate of drug-likeness (QED) is 0.741. The van der Waals surface area contributed by atoms with Gasteiger partial charge in [-0.1, -0.05) is 28.4 Å². The minimum Gasteiger partial charge on any atom is -0.371 e. The van der Waals surface area contributed by atoms with E-state index in [1.165, 1.54) is 49.2 Å². The molecule has 0 radical (unpaired) electrons. The molecule has 17 heavy (non-hydrogen) atoms. The largest absolute Gasteiger partial charge is 0.371 e. The van der Waals surface area contributed by atoms with Gasteiger partial charge in [0.2, 0.25) is 0 Å². The second-order valence-corrected chi connectivity index (χ2v) is 6.16. The van der Waals surface area contributed by atoms with Gasteiger partial charge in [0.05, 0.1) is 0 Å². The van der Waals surface area contributed by atoms with Crippen molar-refractivity contribution in [2.45, 2.75) is 31.5 Å². The summed E-state index contributed by atoms with van der Waals surface area (Å²) in [4.78, 5) is 2.60. The number of hydrogen-bond donors (Lipinski definition) is 0. The van der Waals surface area contributed by atoms with Crippen LogP contribution in [0.3, 0.4) is 0 Å². The van der Waals surface area contributed by atoms with E-state index in [2.05, 4.69) is 46.0 Å². The van der Waals surface area contributed by atoms with Crippen molar-refractivity contribution < 1.29 is 0 Å². The summed E-state index contributed by atoms with van der Waals surface area (Å²) in [6, 6.07) is 6.93. The fourth-order valence-electron chi connectivity index (χ4n) is 3.47. The second kappa shape index (κ2) is 4.64. The molecule has 0 N–H and O–H groups in total. The number of benzene rings is 1. The maximum Gasteiger partial charge on any atom is 0.0369 e. The number of fused-ring (bicyclic) bond motifs is 1. The first kappa shape index (κ1) is 11.6. The molecule has 0 bridgehead atoms. The summed E-state index contributed by atoms with van der Waals surface area (Å²) in [5, 5.41) is 0.963. The molecule has 1 aromatic rings. The molecular weight excluding hydrogens is 274 g/mol. The highest BCUT2D eigenvalue weighted by Crippen LogP contribution is 2.39. The molecule has 1 heterocycles. The van der Waals surface area contributed by atoms with Crippen LogP contribution in [0.5, 0.6) is 0 Å². The van der Waals surface area contributed by atoms with Gasteiger partial charge in [0.1, 0.15) is 0 Å². The van der Waals surface area contributed by atoms with Gasteiger partial charge in [0.25, 0.3) is 0 Å². The standard InChI is InChI=1S/C15H20BrN/c1-11-7-15(6-5-12(11)8-16)17-9-13-3-2-4-14(13)10-17/h5-7,13-14H,2-4,8-10H2,1H3. The van der Waals surface area contributed by atoms with Crippen molar-refractivity contribution in [2.24, 2.45) is 11.8 Å². The number of anilines is 1. The predicted molar refractivity (Wildman–Crippen MR) is 76.9 cm³/mol. The van der Waals surface area contributed by atoms with Crippen LogP contribution in [0.1, 0.15) is 30.4 Å². The van der Waals surface area contributed by atoms with E-state index in [0.29, 0.717) is 0 Å². The topological polar surface area (TPSA) is 3.24 Å². The van der Waals surface area contributed by atoms with Crippen LogP contribution in [0, 0.1) is 18.8 Å². The van der Waals surface area contributed by atoms with Crippen LogP contribution in [-0.2, 0) is 5.33 Å². The minimum absolute atomic E-state index is 0.963. The molecule has 0 spiro atoms. The van der Waals surface area contributed by atoms with Gasteiger partial charge in [-0.15, -0.1) is 0 Å². The van der Waals surface area contributed by atoms with Crippen LogP contribution in [0.25, 0.3) is 0 Å². The molecule has 2 fully saturated rings. The summed E-state index contributed by atoms with van der Waals surface area (Å²) in [5.74, 6) is 1.96. The highest BCUT2D eigenvalue weighted by atomic mass is 79.9. The number of hydrogen-bond acceptors (Lipinski definition) is 1. The van der Waals surface area contributed by atoms with Crippen molar-refractivity contribution in [3.05, 3.63) is 29.3 Å². The first-order valence-electron chi connectivity index (χ1n) is 6.68. The van der Waals surface area contributed by atoms with E-state index in [4.69, 9.17) is 0 Å². The Morgan fingerprint density at radius 2 is 1.94 bits per heavy atom. The molecule has 1 nitrogen and oxygen atoms in total. The fourth-order valence-corrected chi connectivity index (χ4v) is 4.10. The molecule has 2 unspecified atom stereocenters. The highest BCUT2D eigenvalue weighted by molar-refractivity contribution is 9.08. The lowest BCUT2D eigenvalue weighted by molar-refractivity contribution is 0.494. The molecule has 1 aliphatic carbocycles. The molecule has 0 aromatic heterocycles. The third kappa shape index (κ3) is 2.12. The molecule has 2 heteroatoms. The van der Waals surface area contributed by atoms with E-state index in [1.807, 2.05) is 0 Å². The Balaban J connectivity index is 1.79. The normalized spacial score (nSPS) is 27.5. The third-order valence-electron chi connectivity index (χ3n) is 4.56. The summed E-state index contributed by atoms with van der Waals surface area (Å²) < 4.78 is 0. The summed E-state index contributed by atoms with van der Waals surface area (Å²) in [6.45, 7) is 4.80. The van der Waals surface area contributed by atoms with Gasteiger partial charge in [-0.05, 0) is 54.9 Å². The summed E-state index contributed by atoms with van der Waals surface area (Å²) in [5.41, 5.74) is 4.26. The zero-order valence-electron chi connectivity index (χ0n) is 10.5. The van der Waals surface area contributed by atoms with Crippen molar-refractivity contribution in [3.8, 4) is 0 Å². The van der Waals surface area contributed by atoms with Gasteiger partial charge in [0, 0.05) is 24.1 Å². The Hall–Kier alpha value is -0.500. The highest BCUT2D eigenvalue weighted by Gasteiger charge is 2.35. The lowest BCUT2D eigenvalue weighted by atomic mass is 10.0. The van der Waals surface area contributed by atoms with E-state index in [1.54, 1.807) is 0 Å². The molecule has 1 aromatic carbocycles. The molecule has 92 valence electrons.